The number of aromatic nitrogens is 1. The van der Waals surface area contributed by atoms with E-state index in [9.17, 15) is 19.2 Å². The van der Waals surface area contributed by atoms with Crippen LogP contribution in [0.25, 0.3) is 10.2 Å². The number of hydrogen-bond acceptors (Lipinski definition) is 14. The molecule has 4 aromatic carbocycles. The van der Waals surface area contributed by atoms with Gasteiger partial charge in [-0.1, -0.05) is 42.7 Å². The number of esters is 4. The average molecular weight is 860 g/mol. The predicted molar refractivity (Wildman–Crippen MR) is 237 cm³/mol. The van der Waals surface area contributed by atoms with Gasteiger partial charge in [0.15, 0.2) is 0 Å². The second-order valence-corrected chi connectivity index (χ2v) is 15.4. The Morgan fingerprint density at radius 3 is 1.94 bits per heavy atom. The normalized spacial score (nSPS) is 14.7. The maximum Gasteiger partial charge on any atom is 0.343 e. The maximum absolute atomic E-state index is 13.3. The number of hydrazone groups is 1. The smallest absolute Gasteiger partial charge is 0.343 e. The van der Waals surface area contributed by atoms with E-state index in [0.717, 1.165) is 60.0 Å². The summed E-state index contributed by atoms with van der Waals surface area (Å²) in [6.45, 7) is 8.23. The first-order valence-electron chi connectivity index (χ1n) is 20.5. The van der Waals surface area contributed by atoms with Gasteiger partial charge in [-0.15, -0.1) is 0 Å². The van der Waals surface area contributed by atoms with Gasteiger partial charge in [-0.3, -0.25) is 5.43 Å². The summed E-state index contributed by atoms with van der Waals surface area (Å²) in [5.74, 6) is 0.418. The number of carbonyl (C=O) groups is 4. The highest BCUT2D eigenvalue weighted by Gasteiger charge is 2.24. The Kier molecular flexibility index (Phi) is 16.8. The highest BCUT2D eigenvalue weighted by molar-refractivity contribution is 7.22. The van der Waals surface area contributed by atoms with Crippen LogP contribution in [0, 0.1) is 5.92 Å². The third kappa shape index (κ3) is 13.6. The number of fused-ring (bicyclic) bond motifs is 1. The van der Waals surface area contributed by atoms with Gasteiger partial charge in [-0.05, 0) is 122 Å². The zero-order valence-corrected chi connectivity index (χ0v) is 35.1. The lowest BCUT2D eigenvalue weighted by Crippen LogP contribution is -2.17. The van der Waals surface area contributed by atoms with Crippen molar-refractivity contribution < 1.29 is 47.6 Å². The molecule has 0 aliphatic heterocycles. The number of nitrogens with zero attached hydrogens (tertiary/aromatic N) is 2. The topological polar surface area (TPSA) is 161 Å². The molecule has 1 fully saturated rings. The van der Waals surface area contributed by atoms with Crippen LogP contribution in [0.15, 0.2) is 121 Å². The third-order valence-corrected chi connectivity index (χ3v) is 11.0. The van der Waals surface area contributed by atoms with Crippen LogP contribution in [-0.2, 0) is 23.8 Å². The van der Waals surface area contributed by atoms with E-state index in [1.165, 1.54) is 11.3 Å². The monoisotopic (exact) mass is 859 g/mol. The molecule has 0 radical (unpaired) electrons. The van der Waals surface area contributed by atoms with Gasteiger partial charge in [0.2, 0.25) is 5.13 Å². The first-order valence-corrected chi connectivity index (χ1v) is 21.3. The Labute approximate surface area is 364 Å². The van der Waals surface area contributed by atoms with Crippen LogP contribution in [0.4, 0.5) is 5.13 Å². The van der Waals surface area contributed by atoms with Gasteiger partial charge < -0.3 is 28.4 Å². The predicted octanol–water partition coefficient (Wildman–Crippen LogP) is 9.48. The zero-order valence-electron chi connectivity index (χ0n) is 34.3. The number of nitrogens with one attached hydrogen (secondary N) is 1. The molecule has 1 aromatic heterocycles. The van der Waals surface area contributed by atoms with E-state index in [0.29, 0.717) is 83.6 Å². The molecule has 0 amide bonds. The summed E-state index contributed by atoms with van der Waals surface area (Å²) in [7, 11) is 0. The van der Waals surface area contributed by atoms with Gasteiger partial charge in [0.25, 0.3) is 0 Å². The Hall–Kier alpha value is -6.80. The summed E-state index contributed by atoms with van der Waals surface area (Å²) in [5.41, 5.74) is 6.47. The largest absolute Gasteiger partial charge is 0.493 e. The second kappa shape index (κ2) is 23.3. The van der Waals surface area contributed by atoms with E-state index >= 15 is 0 Å². The van der Waals surface area contributed by atoms with E-state index in [-0.39, 0.29) is 19.2 Å². The lowest BCUT2D eigenvalue weighted by molar-refractivity contribution is -0.138. The molecule has 0 unspecified atom stereocenters. The first kappa shape index (κ1) is 44.7. The van der Waals surface area contributed by atoms with E-state index in [1.807, 2.05) is 42.5 Å². The Balaban J connectivity index is 1.00. The summed E-state index contributed by atoms with van der Waals surface area (Å²) in [6, 6.07) is 27.1. The highest BCUT2D eigenvalue weighted by atomic mass is 32.1. The molecule has 1 N–H and O–H groups in total. The minimum Gasteiger partial charge on any atom is -0.493 e. The van der Waals surface area contributed by atoms with Crippen LogP contribution >= 0.6 is 11.3 Å². The number of para-hydroxylation sites is 1. The molecule has 1 aliphatic rings. The Morgan fingerprint density at radius 2 is 1.32 bits per heavy atom. The van der Waals surface area contributed by atoms with Crippen LogP contribution in [-0.4, -0.2) is 68.1 Å². The lowest BCUT2D eigenvalue weighted by Gasteiger charge is -2.29. The number of rotatable bonds is 22. The fourth-order valence-electron chi connectivity index (χ4n) is 6.77. The third-order valence-electron chi connectivity index (χ3n) is 10.1. The van der Waals surface area contributed by atoms with E-state index in [4.69, 9.17) is 28.4 Å². The van der Waals surface area contributed by atoms with Gasteiger partial charge in [-0.25, -0.2) is 24.2 Å². The molecular formula is C48H49N3O10S. The SMILES string of the molecule is C=CC(=O)OCCCOc1ccc(C(=O)OCCC2CCC(c3ccc(OC(=O)c4ccc(OCCCOC(=O)C=C)cc4)c(/C=N/Nc4nc5ccccc5s4)c3)CC2)cc1. The molecular weight excluding hydrogens is 811 g/mol. The molecule has 0 saturated heterocycles. The highest BCUT2D eigenvalue weighted by Crippen LogP contribution is 2.38. The number of thiazole rings is 1. The van der Waals surface area contributed by atoms with Gasteiger partial charge in [0.1, 0.15) is 17.2 Å². The van der Waals surface area contributed by atoms with Crippen molar-refractivity contribution in [3.05, 3.63) is 139 Å². The Bertz CT molecular complexity index is 2300. The quantitative estimate of drug-likeness (QED) is 0.0134. The molecule has 14 heteroatoms. The molecule has 5 aromatic rings. The number of ether oxygens (including phenoxy) is 6. The number of benzene rings is 4. The van der Waals surface area contributed by atoms with Crippen LogP contribution in [0.3, 0.4) is 0 Å². The van der Waals surface area contributed by atoms with Gasteiger partial charge in [-0.2, -0.15) is 5.10 Å². The summed E-state index contributed by atoms with van der Waals surface area (Å²) >= 11 is 1.49. The fraction of sp³-hybridized carbons (Fsp3) is 0.292. The van der Waals surface area contributed by atoms with Crippen LogP contribution in [0.5, 0.6) is 17.2 Å². The van der Waals surface area contributed by atoms with E-state index in [2.05, 4.69) is 28.7 Å². The van der Waals surface area contributed by atoms with Crippen molar-refractivity contribution in [2.45, 2.75) is 50.9 Å². The maximum atomic E-state index is 13.3. The van der Waals surface area contributed by atoms with Crippen molar-refractivity contribution in [2.75, 3.05) is 38.5 Å². The van der Waals surface area contributed by atoms with E-state index < -0.39 is 17.9 Å². The van der Waals surface area contributed by atoms with Gasteiger partial charge >= 0.3 is 23.9 Å². The molecule has 0 bridgehead atoms. The molecule has 62 heavy (non-hydrogen) atoms. The number of carbonyl (C=O) groups excluding carboxylic acids is 4. The van der Waals surface area contributed by atoms with Crippen LogP contribution in [0.1, 0.15) is 82.7 Å². The minimum atomic E-state index is -0.529. The molecule has 6 rings (SSSR count). The first-order chi connectivity index (χ1) is 30.3. The van der Waals surface area contributed by atoms with Crippen molar-refractivity contribution in [1.82, 2.24) is 4.98 Å². The van der Waals surface area contributed by atoms with Crippen molar-refractivity contribution in [3.8, 4) is 17.2 Å². The standard InChI is InChI=1S/C48H49N3O10S/c1-3-44(52)58-28-7-26-56-39-20-15-35(16-21-39)46(54)60-30-25-33-11-13-34(14-12-33)37-19-24-42(38(31-37)32-49-51-48-50-41-9-5-6-10-43(41)62-48)61-47(55)36-17-22-40(23-18-36)57-27-8-29-59-45(53)4-2/h3-6,9-10,15-24,31-34H,1-2,7-8,11-14,25-30H2,(H,50,51)/b49-32+. The number of hydrogen-bond donors (Lipinski definition) is 1. The van der Waals surface area contributed by atoms with Crippen LogP contribution < -0.4 is 19.6 Å². The molecule has 1 aliphatic carbocycles. The minimum absolute atomic E-state index is 0.216. The van der Waals surface area contributed by atoms with Gasteiger partial charge in [0.05, 0.1) is 60.6 Å². The average Bonchev–Trinajstić information content (AvgIpc) is 3.72. The molecule has 0 spiro atoms. The molecule has 322 valence electrons. The van der Waals surface area contributed by atoms with E-state index in [1.54, 1.807) is 54.7 Å². The Morgan fingerprint density at radius 1 is 0.710 bits per heavy atom. The summed E-state index contributed by atoms with van der Waals surface area (Å²) in [4.78, 5) is 53.0. The molecule has 0 atom stereocenters. The van der Waals surface area contributed by atoms with Crippen molar-refractivity contribution >= 4 is 56.8 Å². The number of anilines is 1. The van der Waals surface area contributed by atoms with Crippen molar-refractivity contribution in [1.29, 1.82) is 0 Å². The second-order valence-electron chi connectivity index (χ2n) is 14.4. The molecule has 1 saturated carbocycles. The zero-order chi connectivity index (χ0) is 43.5. The summed E-state index contributed by atoms with van der Waals surface area (Å²) in [6.07, 6.45) is 9.60. The van der Waals surface area contributed by atoms with Crippen molar-refractivity contribution in [3.63, 3.8) is 0 Å². The molecule has 13 nitrogen and oxygen atoms in total. The summed E-state index contributed by atoms with van der Waals surface area (Å²) in [5, 5.41) is 5.12. The summed E-state index contributed by atoms with van der Waals surface area (Å²) < 4.78 is 33.9. The fourth-order valence-corrected chi connectivity index (χ4v) is 7.59. The molecule has 1 heterocycles. The van der Waals surface area contributed by atoms with Crippen molar-refractivity contribution in [2.24, 2.45) is 11.0 Å². The lowest BCUT2D eigenvalue weighted by atomic mass is 9.77. The van der Waals surface area contributed by atoms with Gasteiger partial charge in [0, 0.05) is 30.6 Å². The van der Waals surface area contributed by atoms with Crippen LogP contribution in [0.2, 0.25) is 0 Å².